The lowest BCUT2D eigenvalue weighted by Crippen LogP contribution is -2.63. The Kier molecular flexibility index (Phi) is 7.70. The molecule has 0 aliphatic carbocycles. The number of nitrogens with one attached hydrogen (secondary N) is 1. The standard InChI is InChI=1S/C19H23FN2O8/c1-9(23)27-8-14-16(28-10(2)24)17(29-11(3)25)15(20)19(30-14)22-18(26)12-4-6-13(21)7-5-12/h4-7,14-17,19H,8,21H2,1-3H3,(H,22,26)/t14-,15-,16-,17-,19-/m1/s1. The van der Waals surface area contributed by atoms with Crippen molar-refractivity contribution in [1.82, 2.24) is 5.32 Å². The van der Waals surface area contributed by atoms with Gasteiger partial charge in [0.05, 0.1) is 0 Å². The SMILES string of the molecule is CC(=O)OC[C@H]1O[C@@H](NC(=O)c2ccc(N)cc2)[C@H](F)[C@@H](OC(C)=O)[C@@H]1OC(C)=O. The van der Waals surface area contributed by atoms with Gasteiger partial charge in [-0.2, -0.15) is 0 Å². The number of alkyl halides is 1. The number of amides is 1. The third-order valence-corrected chi connectivity index (χ3v) is 4.12. The van der Waals surface area contributed by atoms with Crippen LogP contribution in [-0.2, 0) is 33.3 Å². The van der Waals surface area contributed by atoms with Gasteiger partial charge < -0.3 is 30.0 Å². The Bertz CT molecular complexity index is 800. The highest BCUT2D eigenvalue weighted by Gasteiger charge is 2.51. The summed E-state index contributed by atoms with van der Waals surface area (Å²) in [6.45, 7) is 2.85. The highest BCUT2D eigenvalue weighted by molar-refractivity contribution is 5.94. The largest absolute Gasteiger partial charge is 0.463 e. The maximum atomic E-state index is 15.1. The minimum atomic E-state index is -2.08. The fourth-order valence-electron chi connectivity index (χ4n) is 2.86. The predicted octanol–water partition coefficient (Wildman–Crippen LogP) is 0.488. The van der Waals surface area contributed by atoms with E-state index in [1.807, 2.05) is 0 Å². The molecule has 5 atom stereocenters. The molecule has 0 bridgehead atoms. The summed E-state index contributed by atoms with van der Waals surface area (Å²) in [5.74, 6) is -2.96. The minimum absolute atomic E-state index is 0.183. The number of anilines is 1. The Morgan fingerprint density at radius 3 is 2.10 bits per heavy atom. The molecule has 0 saturated carbocycles. The fraction of sp³-hybridized carbons (Fsp3) is 0.474. The van der Waals surface area contributed by atoms with Crippen molar-refractivity contribution in [1.29, 1.82) is 0 Å². The van der Waals surface area contributed by atoms with Crippen LogP contribution >= 0.6 is 0 Å². The molecular formula is C19H23FN2O8. The number of benzene rings is 1. The Hall–Kier alpha value is -3.21. The first-order valence-electron chi connectivity index (χ1n) is 9.02. The molecule has 10 nitrogen and oxygen atoms in total. The Balaban J connectivity index is 2.27. The van der Waals surface area contributed by atoms with E-state index < -0.39 is 61.1 Å². The molecule has 11 heteroatoms. The summed E-state index contributed by atoms with van der Waals surface area (Å²) in [6, 6.07) is 5.85. The minimum Gasteiger partial charge on any atom is -0.463 e. The average molecular weight is 426 g/mol. The summed E-state index contributed by atoms with van der Waals surface area (Å²) in [6.07, 6.45) is -7.86. The second-order valence-corrected chi connectivity index (χ2v) is 6.59. The van der Waals surface area contributed by atoms with E-state index in [1.165, 1.54) is 24.3 Å². The van der Waals surface area contributed by atoms with Gasteiger partial charge in [0.15, 0.2) is 24.6 Å². The Labute approximate surface area is 171 Å². The lowest BCUT2D eigenvalue weighted by atomic mass is 9.98. The van der Waals surface area contributed by atoms with E-state index in [1.54, 1.807) is 0 Å². The first-order chi connectivity index (χ1) is 14.1. The number of hydrogen-bond acceptors (Lipinski definition) is 9. The van der Waals surface area contributed by atoms with Crippen molar-refractivity contribution in [2.75, 3.05) is 12.3 Å². The zero-order valence-corrected chi connectivity index (χ0v) is 16.6. The van der Waals surface area contributed by atoms with Gasteiger partial charge in [-0.15, -0.1) is 0 Å². The van der Waals surface area contributed by atoms with Crippen LogP contribution in [0.2, 0.25) is 0 Å². The summed E-state index contributed by atoms with van der Waals surface area (Å²) in [7, 11) is 0. The monoisotopic (exact) mass is 426 g/mol. The number of hydrogen-bond donors (Lipinski definition) is 2. The number of ether oxygens (including phenoxy) is 4. The van der Waals surface area contributed by atoms with Crippen molar-refractivity contribution < 1.29 is 42.5 Å². The summed E-state index contributed by atoms with van der Waals surface area (Å²) in [4.78, 5) is 46.6. The summed E-state index contributed by atoms with van der Waals surface area (Å²) in [5, 5.41) is 2.35. The maximum absolute atomic E-state index is 15.1. The van der Waals surface area contributed by atoms with Crippen LogP contribution in [0.5, 0.6) is 0 Å². The summed E-state index contributed by atoms with van der Waals surface area (Å²) >= 11 is 0. The lowest BCUT2D eigenvalue weighted by molar-refractivity contribution is -0.238. The van der Waals surface area contributed by atoms with Gasteiger partial charge in [-0.05, 0) is 24.3 Å². The molecule has 3 N–H and O–H groups in total. The number of nitrogen functional groups attached to an aromatic ring is 1. The third kappa shape index (κ3) is 6.14. The molecule has 1 aromatic rings. The Morgan fingerprint density at radius 1 is 1.00 bits per heavy atom. The van der Waals surface area contributed by atoms with E-state index in [4.69, 9.17) is 24.7 Å². The number of carbonyl (C=O) groups excluding carboxylic acids is 4. The van der Waals surface area contributed by atoms with Gasteiger partial charge in [-0.3, -0.25) is 19.2 Å². The van der Waals surface area contributed by atoms with Crippen molar-refractivity contribution in [3.63, 3.8) is 0 Å². The van der Waals surface area contributed by atoms with Crippen molar-refractivity contribution >= 4 is 29.5 Å². The molecule has 2 rings (SSSR count). The Morgan fingerprint density at radius 2 is 1.57 bits per heavy atom. The number of carbonyl (C=O) groups is 4. The van der Waals surface area contributed by atoms with Gasteiger partial charge in [0, 0.05) is 32.0 Å². The van der Waals surface area contributed by atoms with Crippen LogP contribution in [0, 0.1) is 0 Å². The van der Waals surface area contributed by atoms with Crippen molar-refractivity contribution in [3.05, 3.63) is 29.8 Å². The second-order valence-electron chi connectivity index (χ2n) is 6.59. The molecule has 0 radical (unpaired) electrons. The quantitative estimate of drug-likeness (QED) is 0.377. The van der Waals surface area contributed by atoms with Crippen molar-refractivity contribution in [2.45, 2.75) is 51.5 Å². The van der Waals surface area contributed by atoms with Gasteiger partial charge in [-0.1, -0.05) is 0 Å². The van der Waals surface area contributed by atoms with E-state index in [0.29, 0.717) is 5.69 Å². The number of halogens is 1. The molecule has 1 amide bonds. The molecule has 0 spiro atoms. The highest BCUT2D eigenvalue weighted by Crippen LogP contribution is 2.28. The van der Waals surface area contributed by atoms with Crippen LogP contribution in [0.25, 0.3) is 0 Å². The molecule has 0 aromatic heterocycles. The van der Waals surface area contributed by atoms with Crippen LogP contribution in [0.1, 0.15) is 31.1 Å². The number of nitrogens with two attached hydrogens (primary N) is 1. The van der Waals surface area contributed by atoms with Crippen LogP contribution < -0.4 is 11.1 Å². The lowest BCUT2D eigenvalue weighted by Gasteiger charge is -2.42. The van der Waals surface area contributed by atoms with Crippen LogP contribution in [0.15, 0.2) is 24.3 Å². The third-order valence-electron chi connectivity index (χ3n) is 4.12. The van der Waals surface area contributed by atoms with Crippen LogP contribution in [0.4, 0.5) is 10.1 Å². The molecular weight excluding hydrogens is 403 g/mol. The van der Waals surface area contributed by atoms with Crippen molar-refractivity contribution in [3.8, 4) is 0 Å². The number of rotatable bonds is 6. The van der Waals surface area contributed by atoms with E-state index in [2.05, 4.69) is 5.32 Å². The van der Waals surface area contributed by atoms with Gasteiger partial charge >= 0.3 is 17.9 Å². The molecule has 30 heavy (non-hydrogen) atoms. The fourth-order valence-corrected chi connectivity index (χ4v) is 2.86. The van der Waals surface area contributed by atoms with Gasteiger partial charge in [0.1, 0.15) is 12.7 Å². The highest BCUT2D eigenvalue weighted by atomic mass is 19.1. The molecule has 1 heterocycles. The molecule has 0 unspecified atom stereocenters. The normalized spacial score (nSPS) is 25.7. The van der Waals surface area contributed by atoms with E-state index >= 15 is 4.39 Å². The van der Waals surface area contributed by atoms with Gasteiger partial charge in [0.25, 0.3) is 5.91 Å². The zero-order chi connectivity index (χ0) is 22.4. The molecule has 1 aromatic carbocycles. The first kappa shape index (κ1) is 23.1. The first-order valence-corrected chi connectivity index (χ1v) is 9.02. The average Bonchev–Trinajstić information content (AvgIpc) is 2.65. The summed E-state index contributed by atoms with van der Waals surface area (Å²) in [5.41, 5.74) is 6.20. The molecule has 1 fully saturated rings. The topological polar surface area (TPSA) is 143 Å². The summed E-state index contributed by atoms with van der Waals surface area (Å²) < 4.78 is 35.6. The second kappa shape index (κ2) is 10.0. The molecule has 1 aliphatic rings. The molecule has 1 saturated heterocycles. The van der Waals surface area contributed by atoms with E-state index in [-0.39, 0.29) is 5.56 Å². The molecule has 1 aliphatic heterocycles. The predicted molar refractivity (Wildman–Crippen MR) is 99.6 cm³/mol. The number of esters is 3. The van der Waals surface area contributed by atoms with Gasteiger partial charge in [0.2, 0.25) is 0 Å². The molecule has 164 valence electrons. The zero-order valence-electron chi connectivity index (χ0n) is 16.6. The van der Waals surface area contributed by atoms with E-state index in [0.717, 1.165) is 20.8 Å². The smallest absolute Gasteiger partial charge is 0.303 e. The van der Waals surface area contributed by atoms with Crippen LogP contribution in [0.3, 0.4) is 0 Å². The maximum Gasteiger partial charge on any atom is 0.303 e. The van der Waals surface area contributed by atoms with E-state index in [9.17, 15) is 19.2 Å². The van der Waals surface area contributed by atoms with Gasteiger partial charge in [-0.25, -0.2) is 4.39 Å². The van der Waals surface area contributed by atoms with Crippen molar-refractivity contribution in [2.24, 2.45) is 0 Å². The van der Waals surface area contributed by atoms with Crippen LogP contribution in [-0.4, -0.2) is 61.1 Å².